The Kier molecular flexibility index (Phi) is 4.26. The fourth-order valence-electron chi connectivity index (χ4n) is 2.81. The molecule has 0 aromatic heterocycles. The normalized spacial score (nSPS) is 30.9. The Morgan fingerprint density at radius 1 is 0.875 bits per heavy atom. The van der Waals surface area contributed by atoms with Crippen LogP contribution in [0.4, 0.5) is 0 Å². The van der Waals surface area contributed by atoms with E-state index in [1.807, 2.05) is 0 Å². The van der Waals surface area contributed by atoms with E-state index in [9.17, 15) is 0 Å². The molecule has 0 spiro atoms. The first kappa shape index (κ1) is 12.0. The van der Waals surface area contributed by atoms with Gasteiger partial charge in [0, 0.05) is 0 Å². The van der Waals surface area contributed by atoms with Crippen LogP contribution in [0.1, 0.15) is 65.2 Å². The Morgan fingerprint density at radius 2 is 1.31 bits per heavy atom. The zero-order chi connectivity index (χ0) is 11.4. The minimum Gasteiger partial charge on any atom is -0.0851 e. The summed E-state index contributed by atoms with van der Waals surface area (Å²) in [6.45, 7) is 4.75. The number of hydrogen-bond donors (Lipinski definition) is 0. The second kappa shape index (κ2) is 5.70. The average Bonchev–Trinajstić information content (AvgIpc) is 2.30. The SMILES string of the molecule is CC1CC=C(CCC2=CCC(C)CC2)CC1. The van der Waals surface area contributed by atoms with Crippen LogP contribution < -0.4 is 0 Å². The molecule has 0 aromatic rings. The van der Waals surface area contributed by atoms with Gasteiger partial charge in [-0.15, -0.1) is 0 Å². The molecule has 0 radical (unpaired) electrons. The maximum Gasteiger partial charge on any atom is -0.0283 e. The van der Waals surface area contributed by atoms with E-state index in [0.717, 1.165) is 11.8 Å². The van der Waals surface area contributed by atoms with Gasteiger partial charge in [0.2, 0.25) is 0 Å². The maximum atomic E-state index is 2.51. The Bertz CT molecular complexity index is 252. The highest BCUT2D eigenvalue weighted by molar-refractivity contribution is 5.12. The summed E-state index contributed by atoms with van der Waals surface area (Å²) in [5.41, 5.74) is 3.47. The molecule has 0 aromatic carbocycles. The summed E-state index contributed by atoms with van der Waals surface area (Å²) in [4.78, 5) is 0. The third-order valence-corrected chi connectivity index (χ3v) is 4.30. The third kappa shape index (κ3) is 3.50. The van der Waals surface area contributed by atoms with Gasteiger partial charge in [-0.05, 0) is 63.2 Å². The number of hydrogen-bond acceptors (Lipinski definition) is 0. The van der Waals surface area contributed by atoms with Crippen LogP contribution in [0.25, 0.3) is 0 Å². The lowest BCUT2D eigenvalue weighted by atomic mass is 9.85. The van der Waals surface area contributed by atoms with Gasteiger partial charge < -0.3 is 0 Å². The van der Waals surface area contributed by atoms with Crippen LogP contribution in [0.5, 0.6) is 0 Å². The lowest BCUT2D eigenvalue weighted by Gasteiger charge is -2.21. The van der Waals surface area contributed by atoms with Gasteiger partial charge in [-0.3, -0.25) is 0 Å². The second-order valence-electron chi connectivity index (χ2n) is 5.98. The predicted molar refractivity (Wildman–Crippen MR) is 71.4 cm³/mol. The molecule has 0 heteroatoms. The monoisotopic (exact) mass is 218 g/mol. The van der Waals surface area contributed by atoms with Crippen LogP contribution in [0.15, 0.2) is 23.3 Å². The molecule has 2 aliphatic carbocycles. The van der Waals surface area contributed by atoms with E-state index in [1.165, 1.54) is 51.4 Å². The van der Waals surface area contributed by atoms with Gasteiger partial charge in [-0.25, -0.2) is 0 Å². The lowest BCUT2D eigenvalue weighted by Crippen LogP contribution is -2.04. The van der Waals surface area contributed by atoms with Gasteiger partial charge >= 0.3 is 0 Å². The first-order chi connectivity index (χ1) is 7.74. The van der Waals surface area contributed by atoms with Crippen molar-refractivity contribution >= 4 is 0 Å². The van der Waals surface area contributed by atoms with E-state index in [1.54, 1.807) is 11.1 Å². The molecule has 0 fully saturated rings. The molecular weight excluding hydrogens is 192 g/mol. The summed E-state index contributed by atoms with van der Waals surface area (Å²) < 4.78 is 0. The highest BCUT2D eigenvalue weighted by Gasteiger charge is 2.12. The summed E-state index contributed by atoms with van der Waals surface area (Å²) in [6.07, 6.45) is 15.9. The van der Waals surface area contributed by atoms with Gasteiger partial charge in [-0.2, -0.15) is 0 Å². The van der Waals surface area contributed by atoms with Crippen molar-refractivity contribution in [3.05, 3.63) is 23.3 Å². The Hall–Kier alpha value is -0.520. The minimum atomic E-state index is 0.929. The van der Waals surface area contributed by atoms with Crippen LogP contribution in [-0.4, -0.2) is 0 Å². The quantitative estimate of drug-likeness (QED) is 0.567. The summed E-state index contributed by atoms with van der Waals surface area (Å²) in [6, 6.07) is 0. The van der Waals surface area contributed by atoms with Crippen LogP contribution >= 0.6 is 0 Å². The maximum absolute atomic E-state index is 2.51. The first-order valence-corrected chi connectivity index (χ1v) is 7.10. The molecular formula is C16H26. The molecule has 0 heterocycles. The number of rotatable bonds is 3. The van der Waals surface area contributed by atoms with E-state index in [-0.39, 0.29) is 0 Å². The average molecular weight is 218 g/mol. The highest BCUT2D eigenvalue weighted by atomic mass is 14.2. The van der Waals surface area contributed by atoms with Crippen LogP contribution in [0.2, 0.25) is 0 Å². The van der Waals surface area contributed by atoms with Gasteiger partial charge in [0.1, 0.15) is 0 Å². The molecule has 2 unspecified atom stereocenters. The van der Waals surface area contributed by atoms with E-state index in [0.29, 0.717) is 0 Å². The third-order valence-electron chi connectivity index (χ3n) is 4.30. The molecule has 16 heavy (non-hydrogen) atoms. The zero-order valence-electron chi connectivity index (χ0n) is 11.0. The molecule has 2 atom stereocenters. The fourth-order valence-corrected chi connectivity index (χ4v) is 2.81. The molecule has 2 rings (SSSR count). The predicted octanol–water partition coefficient (Wildman–Crippen LogP) is 5.26. The van der Waals surface area contributed by atoms with Crippen molar-refractivity contribution in [1.29, 1.82) is 0 Å². The summed E-state index contributed by atoms with van der Waals surface area (Å²) in [7, 11) is 0. The van der Waals surface area contributed by atoms with Crippen molar-refractivity contribution in [3.8, 4) is 0 Å². The van der Waals surface area contributed by atoms with Gasteiger partial charge in [0.25, 0.3) is 0 Å². The molecule has 0 bridgehead atoms. The van der Waals surface area contributed by atoms with Crippen molar-refractivity contribution < 1.29 is 0 Å². The Balaban J connectivity index is 1.75. The van der Waals surface area contributed by atoms with E-state index >= 15 is 0 Å². The number of allylic oxidation sites excluding steroid dienone is 4. The summed E-state index contributed by atoms with van der Waals surface area (Å²) in [5.74, 6) is 1.86. The van der Waals surface area contributed by atoms with E-state index in [2.05, 4.69) is 26.0 Å². The lowest BCUT2D eigenvalue weighted by molar-refractivity contribution is 0.494. The van der Waals surface area contributed by atoms with Crippen molar-refractivity contribution in [3.63, 3.8) is 0 Å². The molecule has 0 saturated carbocycles. The minimum absolute atomic E-state index is 0.929. The Labute approximate surface area is 101 Å². The van der Waals surface area contributed by atoms with Crippen molar-refractivity contribution in [2.75, 3.05) is 0 Å². The van der Waals surface area contributed by atoms with Crippen molar-refractivity contribution in [2.24, 2.45) is 11.8 Å². The van der Waals surface area contributed by atoms with Crippen LogP contribution in [-0.2, 0) is 0 Å². The largest absolute Gasteiger partial charge is 0.0851 e. The van der Waals surface area contributed by atoms with E-state index in [4.69, 9.17) is 0 Å². The summed E-state index contributed by atoms with van der Waals surface area (Å²) >= 11 is 0. The van der Waals surface area contributed by atoms with Crippen LogP contribution in [0.3, 0.4) is 0 Å². The molecule has 0 N–H and O–H groups in total. The van der Waals surface area contributed by atoms with Crippen molar-refractivity contribution in [1.82, 2.24) is 0 Å². The van der Waals surface area contributed by atoms with Gasteiger partial charge in [-0.1, -0.05) is 37.1 Å². The Morgan fingerprint density at radius 3 is 1.62 bits per heavy atom. The molecule has 2 aliphatic rings. The van der Waals surface area contributed by atoms with Crippen molar-refractivity contribution in [2.45, 2.75) is 65.2 Å². The van der Waals surface area contributed by atoms with Gasteiger partial charge in [0.05, 0.1) is 0 Å². The van der Waals surface area contributed by atoms with Gasteiger partial charge in [0.15, 0.2) is 0 Å². The first-order valence-electron chi connectivity index (χ1n) is 7.10. The fraction of sp³-hybridized carbons (Fsp3) is 0.750. The molecule has 0 aliphatic heterocycles. The topological polar surface area (TPSA) is 0 Å². The molecule has 0 nitrogen and oxygen atoms in total. The molecule has 90 valence electrons. The summed E-state index contributed by atoms with van der Waals surface area (Å²) in [5, 5.41) is 0. The van der Waals surface area contributed by atoms with Crippen LogP contribution in [0, 0.1) is 11.8 Å². The standard InChI is InChI=1S/C16H26/c1-13-3-7-15(8-4-13)11-12-16-9-5-14(2)6-10-16/h7,9,13-14H,3-6,8,10-12H2,1-2H3. The molecule has 0 amide bonds. The second-order valence-corrected chi connectivity index (χ2v) is 5.98. The van der Waals surface area contributed by atoms with E-state index < -0.39 is 0 Å². The smallest absolute Gasteiger partial charge is 0.0283 e. The molecule has 0 saturated heterocycles. The highest BCUT2D eigenvalue weighted by Crippen LogP contribution is 2.30. The zero-order valence-corrected chi connectivity index (χ0v) is 11.0.